The number of aliphatic hydroxyl groups excluding tert-OH is 7. The van der Waals surface area contributed by atoms with Crippen LogP contribution in [0.2, 0.25) is 0 Å². The fourth-order valence-corrected chi connectivity index (χ4v) is 4.55. The van der Waals surface area contributed by atoms with Gasteiger partial charge in [-0.15, -0.1) is 0 Å². The second-order valence-electron chi connectivity index (χ2n) is 9.46. The van der Waals surface area contributed by atoms with Crippen LogP contribution in [0.5, 0.6) is 11.5 Å². The van der Waals surface area contributed by atoms with Crippen molar-refractivity contribution in [1.29, 1.82) is 0 Å². The van der Waals surface area contributed by atoms with Crippen LogP contribution in [-0.2, 0) is 23.8 Å². The molecule has 0 aromatic heterocycles. The van der Waals surface area contributed by atoms with Crippen LogP contribution in [0.25, 0.3) is 0 Å². The molecule has 0 bridgehead atoms. The minimum Gasteiger partial charge on any atom is -0.497 e. The number of carboxylic acids is 1. The van der Waals surface area contributed by atoms with Crippen molar-refractivity contribution in [3.8, 4) is 11.5 Å². The summed E-state index contributed by atoms with van der Waals surface area (Å²) in [4.78, 5) is 24.2. The Labute approximate surface area is 228 Å². The molecule has 1 amide bonds. The summed E-state index contributed by atoms with van der Waals surface area (Å²) in [7, 11) is 1.45. The van der Waals surface area contributed by atoms with Gasteiger partial charge in [0.05, 0.1) is 32.5 Å². The zero-order valence-corrected chi connectivity index (χ0v) is 21.6. The van der Waals surface area contributed by atoms with E-state index in [9.17, 15) is 50.4 Å². The molecule has 11 atom stereocenters. The summed E-state index contributed by atoms with van der Waals surface area (Å²) >= 11 is 0. The van der Waals surface area contributed by atoms with E-state index in [0.717, 1.165) is 6.92 Å². The molecular weight excluding hydrogens is 542 g/mol. The fraction of sp³-hybridized carbons (Fsp3) is 0.667. The molecule has 0 aliphatic carbocycles. The molecule has 1 aromatic carbocycles. The summed E-state index contributed by atoms with van der Waals surface area (Å²) in [6, 6.07) is 4.59. The second-order valence-corrected chi connectivity index (χ2v) is 9.46. The van der Waals surface area contributed by atoms with Gasteiger partial charge in [-0.25, -0.2) is 4.79 Å². The summed E-state index contributed by atoms with van der Waals surface area (Å²) < 4.78 is 27.3. The Morgan fingerprint density at radius 2 is 1.73 bits per heavy atom. The molecule has 226 valence electrons. The van der Waals surface area contributed by atoms with E-state index < -0.39 is 98.5 Å². The highest BCUT2D eigenvalue weighted by molar-refractivity contribution is 5.76. The van der Waals surface area contributed by atoms with E-state index in [0.29, 0.717) is 5.75 Å². The van der Waals surface area contributed by atoms with Crippen molar-refractivity contribution in [2.45, 2.75) is 80.3 Å². The number of benzene rings is 1. The SMILES string of the molecule is COc1ccc(O[C@@H]2O[C@@H](CO)[C@H](O)[C@H](O[C@]3(C(=O)O)C[C@@H](O)[C@@H](NC(C)=O)[C@H]([C@H](O)[C@H](O)CO)O3)[C@@H]2O)cc1. The third kappa shape index (κ3) is 6.80. The molecule has 1 aromatic rings. The number of amides is 1. The van der Waals surface area contributed by atoms with Crippen molar-refractivity contribution in [2.75, 3.05) is 20.3 Å². The maximum atomic E-state index is 12.5. The highest BCUT2D eigenvalue weighted by Gasteiger charge is 2.59. The molecule has 2 saturated heterocycles. The first-order valence-corrected chi connectivity index (χ1v) is 12.3. The summed E-state index contributed by atoms with van der Waals surface area (Å²) in [5.41, 5.74) is 0. The third-order valence-corrected chi connectivity index (χ3v) is 6.65. The molecular formula is C24H35NO15. The number of aliphatic hydroxyl groups is 7. The van der Waals surface area contributed by atoms with Crippen LogP contribution in [0.4, 0.5) is 0 Å². The molecule has 0 spiro atoms. The van der Waals surface area contributed by atoms with Gasteiger partial charge in [0.15, 0.2) is 0 Å². The maximum absolute atomic E-state index is 12.5. The third-order valence-electron chi connectivity index (χ3n) is 6.65. The Balaban J connectivity index is 1.93. The van der Waals surface area contributed by atoms with E-state index in [1.165, 1.54) is 19.2 Å². The number of hydrogen-bond acceptors (Lipinski definition) is 14. The standard InChI is InChI=1S/C24H35NO15/c1-10(28)25-16-13(29)7-24(23(34)35,39-20(16)17(31)14(30)8-26)40-21-18(32)15(9-27)38-22(19(21)33)37-12-5-3-11(36-2)4-6-12/h3-6,13-22,26-27,29-33H,7-9H2,1-2H3,(H,25,28)(H,34,35)/t13-,14-,15+,16-,17-,18+,19+,20-,21+,22-,24+/m1/s1. The average molecular weight is 578 g/mol. The lowest BCUT2D eigenvalue weighted by atomic mass is 9.88. The van der Waals surface area contributed by atoms with E-state index in [2.05, 4.69) is 5.32 Å². The molecule has 2 aliphatic rings. The molecule has 2 aliphatic heterocycles. The minimum atomic E-state index is -2.87. The normalized spacial score (nSPS) is 35.8. The lowest BCUT2D eigenvalue weighted by Gasteiger charge is -2.49. The molecule has 2 fully saturated rings. The van der Waals surface area contributed by atoms with E-state index in [4.69, 9.17) is 23.7 Å². The Kier molecular flexibility index (Phi) is 10.6. The van der Waals surface area contributed by atoms with Gasteiger partial charge in [0.1, 0.15) is 54.2 Å². The highest BCUT2D eigenvalue weighted by Crippen LogP contribution is 2.37. The second kappa shape index (κ2) is 13.3. The summed E-state index contributed by atoms with van der Waals surface area (Å²) in [5.74, 6) is -4.74. The number of carbonyl (C=O) groups is 2. The largest absolute Gasteiger partial charge is 0.497 e. The van der Waals surface area contributed by atoms with Crippen LogP contribution in [0.3, 0.4) is 0 Å². The molecule has 9 N–H and O–H groups in total. The molecule has 3 rings (SSSR count). The number of rotatable bonds is 11. The maximum Gasteiger partial charge on any atom is 0.364 e. The Hall–Kier alpha value is -2.64. The van der Waals surface area contributed by atoms with E-state index >= 15 is 0 Å². The number of carboxylic acid groups (broad SMARTS) is 1. The van der Waals surface area contributed by atoms with E-state index in [-0.39, 0.29) is 5.75 Å². The lowest BCUT2D eigenvalue weighted by molar-refractivity contribution is -0.363. The molecule has 0 unspecified atom stereocenters. The average Bonchev–Trinajstić information content (AvgIpc) is 2.93. The van der Waals surface area contributed by atoms with Gasteiger partial charge in [0.25, 0.3) is 5.79 Å². The molecule has 16 nitrogen and oxygen atoms in total. The first kappa shape index (κ1) is 31.9. The minimum absolute atomic E-state index is 0.174. The summed E-state index contributed by atoms with van der Waals surface area (Å²) in [6.07, 6.45) is -17.0. The van der Waals surface area contributed by atoms with Crippen molar-refractivity contribution < 1.29 is 74.1 Å². The first-order chi connectivity index (χ1) is 18.9. The summed E-state index contributed by atoms with van der Waals surface area (Å²) in [6.45, 7) is -0.694. The van der Waals surface area contributed by atoms with Crippen LogP contribution in [0.1, 0.15) is 13.3 Å². The van der Waals surface area contributed by atoms with Gasteiger partial charge in [-0.3, -0.25) is 4.79 Å². The fourth-order valence-electron chi connectivity index (χ4n) is 4.55. The van der Waals surface area contributed by atoms with E-state index in [1.54, 1.807) is 12.1 Å². The van der Waals surface area contributed by atoms with Crippen LogP contribution < -0.4 is 14.8 Å². The molecule has 2 heterocycles. The van der Waals surface area contributed by atoms with Gasteiger partial charge >= 0.3 is 5.97 Å². The Bertz CT molecular complexity index is 995. The van der Waals surface area contributed by atoms with Crippen LogP contribution in [-0.4, -0.2) is 140 Å². The van der Waals surface area contributed by atoms with Crippen molar-refractivity contribution in [3.05, 3.63) is 24.3 Å². The highest BCUT2D eigenvalue weighted by atomic mass is 16.8. The Morgan fingerprint density at radius 1 is 1.10 bits per heavy atom. The van der Waals surface area contributed by atoms with E-state index in [1.807, 2.05) is 0 Å². The van der Waals surface area contributed by atoms with Gasteiger partial charge < -0.3 is 69.9 Å². The zero-order chi connectivity index (χ0) is 29.8. The van der Waals surface area contributed by atoms with Crippen molar-refractivity contribution in [3.63, 3.8) is 0 Å². The van der Waals surface area contributed by atoms with Gasteiger partial charge in [0, 0.05) is 13.3 Å². The number of ether oxygens (including phenoxy) is 5. The predicted molar refractivity (Wildman–Crippen MR) is 129 cm³/mol. The van der Waals surface area contributed by atoms with Crippen molar-refractivity contribution in [2.24, 2.45) is 0 Å². The van der Waals surface area contributed by atoms with Crippen LogP contribution in [0.15, 0.2) is 24.3 Å². The smallest absolute Gasteiger partial charge is 0.364 e. The van der Waals surface area contributed by atoms with Crippen molar-refractivity contribution in [1.82, 2.24) is 5.32 Å². The Morgan fingerprint density at radius 3 is 2.25 bits per heavy atom. The predicted octanol–water partition coefficient (Wildman–Crippen LogP) is -3.95. The van der Waals surface area contributed by atoms with Gasteiger partial charge in [-0.2, -0.15) is 0 Å². The number of hydrogen-bond donors (Lipinski definition) is 9. The number of methoxy groups -OCH3 is 1. The first-order valence-electron chi connectivity index (χ1n) is 12.3. The van der Waals surface area contributed by atoms with Gasteiger partial charge in [0.2, 0.25) is 12.2 Å². The van der Waals surface area contributed by atoms with Gasteiger partial charge in [-0.05, 0) is 24.3 Å². The molecule has 40 heavy (non-hydrogen) atoms. The monoisotopic (exact) mass is 577 g/mol. The number of nitrogens with one attached hydrogen (secondary N) is 1. The lowest BCUT2D eigenvalue weighted by Crippen LogP contribution is -2.70. The quantitative estimate of drug-likeness (QED) is 0.122. The summed E-state index contributed by atoms with van der Waals surface area (Å²) in [5, 5.41) is 84.6. The molecule has 16 heteroatoms. The number of carbonyl (C=O) groups excluding carboxylic acids is 1. The number of aliphatic carboxylic acids is 1. The van der Waals surface area contributed by atoms with Crippen LogP contribution >= 0.6 is 0 Å². The van der Waals surface area contributed by atoms with Crippen LogP contribution in [0, 0.1) is 0 Å². The van der Waals surface area contributed by atoms with Gasteiger partial charge in [-0.1, -0.05) is 0 Å². The van der Waals surface area contributed by atoms with Crippen molar-refractivity contribution >= 4 is 11.9 Å². The molecule has 0 saturated carbocycles. The zero-order valence-electron chi connectivity index (χ0n) is 21.6. The topological polar surface area (TPSA) is 254 Å². The molecule has 0 radical (unpaired) electrons.